The van der Waals surface area contributed by atoms with Crippen LogP contribution < -0.4 is 9.92 Å². The van der Waals surface area contributed by atoms with Gasteiger partial charge >= 0.3 is 0 Å². The summed E-state index contributed by atoms with van der Waals surface area (Å²) in [5, 5.41) is 0.885. The Kier molecular flexibility index (Phi) is 12.6. The zero-order chi connectivity index (χ0) is 32.6. The SMILES string of the molecule is CCCCCCOc1cccc([Si]C(c2ccccc2)(c2ccccc2)n2ccnc2)c1.[B]C=C(c1ccccc1)c1ccccc1. The molecule has 0 unspecified atom stereocenters. The lowest BCUT2D eigenvalue weighted by Gasteiger charge is -2.36. The third-order valence-electron chi connectivity index (χ3n) is 8.04. The number of rotatable bonds is 13. The second-order valence-corrected chi connectivity index (χ2v) is 12.8. The van der Waals surface area contributed by atoms with Crippen LogP contribution in [0.1, 0.15) is 54.9 Å². The van der Waals surface area contributed by atoms with Crippen molar-refractivity contribution in [3.63, 3.8) is 0 Å². The molecule has 0 saturated carbocycles. The van der Waals surface area contributed by atoms with Gasteiger partial charge in [0, 0.05) is 12.4 Å². The Bertz CT molecular complexity index is 1680. The third-order valence-corrected chi connectivity index (χ3v) is 9.83. The molecule has 0 bridgehead atoms. The molecule has 0 fully saturated rings. The zero-order valence-electron chi connectivity index (χ0n) is 27.1. The number of ether oxygens (including phenoxy) is 1. The fourth-order valence-electron chi connectivity index (χ4n) is 5.68. The Labute approximate surface area is 284 Å². The van der Waals surface area contributed by atoms with E-state index in [-0.39, 0.29) is 5.16 Å². The number of nitrogens with zero attached hydrogens (tertiary/aromatic N) is 2. The molecule has 5 heteroatoms. The first-order valence-electron chi connectivity index (χ1n) is 16.4. The number of hydrogen-bond donors (Lipinski definition) is 0. The highest BCUT2D eigenvalue weighted by molar-refractivity contribution is 6.57. The highest BCUT2D eigenvalue weighted by Gasteiger charge is 2.37. The van der Waals surface area contributed by atoms with Gasteiger partial charge in [0.15, 0.2) is 0 Å². The highest BCUT2D eigenvalue weighted by atomic mass is 28.2. The maximum absolute atomic E-state index is 6.10. The summed E-state index contributed by atoms with van der Waals surface area (Å²) in [5.74, 6) is 2.61. The maximum atomic E-state index is 6.10. The lowest BCUT2D eigenvalue weighted by Crippen LogP contribution is -2.46. The van der Waals surface area contributed by atoms with E-state index in [1.54, 1.807) is 5.98 Å². The van der Waals surface area contributed by atoms with Crippen LogP contribution >= 0.6 is 0 Å². The Morgan fingerprint density at radius 2 is 1.30 bits per heavy atom. The first-order valence-corrected chi connectivity index (χ1v) is 17.4. The third kappa shape index (κ3) is 8.90. The summed E-state index contributed by atoms with van der Waals surface area (Å²) < 4.78 is 8.34. The van der Waals surface area contributed by atoms with Gasteiger partial charge in [-0.25, -0.2) is 4.98 Å². The van der Waals surface area contributed by atoms with Gasteiger partial charge in [-0.05, 0) is 46.4 Å². The van der Waals surface area contributed by atoms with Crippen LogP contribution in [0.15, 0.2) is 170 Å². The zero-order valence-corrected chi connectivity index (χ0v) is 28.1. The number of hydrogen-bond acceptors (Lipinski definition) is 2. The molecule has 5 aromatic carbocycles. The van der Waals surface area contributed by atoms with Gasteiger partial charge in [-0.3, -0.25) is 0 Å². The molecule has 232 valence electrons. The van der Waals surface area contributed by atoms with Crippen LogP contribution in [0.25, 0.3) is 5.57 Å². The van der Waals surface area contributed by atoms with E-state index in [1.807, 2.05) is 48.9 Å². The molecule has 0 aliphatic carbocycles. The number of imidazole rings is 1. The fourth-order valence-corrected chi connectivity index (χ4v) is 7.37. The predicted octanol–water partition coefficient (Wildman–Crippen LogP) is 8.87. The summed E-state index contributed by atoms with van der Waals surface area (Å²) in [6.07, 6.45) is 10.7. The van der Waals surface area contributed by atoms with E-state index in [0.717, 1.165) is 35.5 Å². The summed E-state index contributed by atoms with van der Waals surface area (Å²) in [6, 6.07) is 50.4. The van der Waals surface area contributed by atoms with Crippen LogP contribution in [0.3, 0.4) is 0 Å². The monoisotopic (exact) mass is 628 g/mol. The van der Waals surface area contributed by atoms with E-state index >= 15 is 0 Å². The number of benzene rings is 5. The normalized spacial score (nSPS) is 10.8. The molecule has 0 saturated heterocycles. The van der Waals surface area contributed by atoms with Crippen molar-refractivity contribution in [1.29, 1.82) is 0 Å². The van der Waals surface area contributed by atoms with Crippen molar-refractivity contribution >= 4 is 28.1 Å². The van der Waals surface area contributed by atoms with E-state index in [2.05, 4.69) is 132 Å². The van der Waals surface area contributed by atoms with Crippen molar-refractivity contribution < 1.29 is 4.74 Å². The first kappa shape index (κ1) is 33.5. The molecule has 0 aliphatic heterocycles. The van der Waals surface area contributed by atoms with Crippen LogP contribution in [0.5, 0.6) is 5.75 Å². The molecule has 0 aliphatic rings. The molecule has 0 amide bonds. The summed E-state index contributed by atoms with van der Waals surface area (Å²) in [4.78, 5) is 4.41. The van der Waals surface area contributed by atoms with Crippen molar-refractivity contribution in [2.75, 3.05) is 6.61 Å². The van der Waals surface area contributed by atoms with E-state index < -0.39 is 0 Å². The van der Waals surface area contributed by atoms with Gasteiger partial charge in [-0.15, -0.1) is 5.98 Å². The molecular formula is C42H41BN2OSi. The number of aromatic nitrogens is 2. The minimum absolute atomic E-state index is 0.376. The summed E-state index contributed by atoms with van der Waals surface area (Å²) in [7, 11) is 6.13. The Morgan fingerprint density at radius 1 is 0.723 bits per heavy atom. The van der Waals surface area contributed by atoms with E-state index in [0.29, 0.717) is 9.52 Å². The molecule has 0 N–H and O–H groups in total. The van der Waals surface area contributed by atoms with Gasteiger partial charge < -0.3 is 9.30 Å². The van der Waals surface area contributed by atoms with E-state index in [4.69, 9.17) is 12.6 Å². The summed E-state index contributed by atoms with van der Waals surface area (Å²) >= 11 is 0. The lowest BCUT2D eigenvalue weighted by molar-refractivity contribution is 0.305. The Morgan fingerprint density at radius 3 is 1.81 bits per heavy atom. The van der Waals surface area contributed by atoms with Crippen molar-refractivity contribution in [2.24, 2.45) is 0 Å². The minimum atomic E-state index is -0.376. The average molecular weight is 629 g/mol. The van der Waals surface area contributed by atoms with Crippen LogP contribution in [-0.4, -0.2) is 33.5 Å². The minimum Gasteiger partial charge on any atom is -0.494 e. The van der Waals surface area contributed by atoms with Crippen molar-refractivity contribution in [1.82, 2.24) is 9.55 Å². The molecule has 6 aromatic rings. The number of unbranched alkanes of at least 4 members (excludes halogenated alkanes) is 3. The molecular weight excluding hydrogens is 587 g/mol. The molecule has 4 radical (unpaired) electrons. The second kappa shape index (κ2) is 17.7. The summed E-state index contributed by atoms with van der Waals surface area (Å²) in [6.45, 7) is 3.01. The first-order chi connectivity index (χ1) is 23.2. The van der Waals surface area contributed by atoms with Crippen LogP contribution in [0.2, 0.25) is 0 Å². The Hall–Kier alpha value is -4.87. The maximum Gasteiger partial charge on any atom is 0.128 e. The summed E-state index contributed by atoms with van der Waals surface area (Å²) in [5.41, 5.74) is 5.84. The average Bonchev–Trinajstić information content (AvgIpc) is 3.69. The Balaban J connectivity index is 0.000000241. The van der Waals surface area contributed by atoms with E-state index in [1.165, 1.54) is 35.6 Å². The quantitative estimate of drug-likeness (QED) is 0.0944. The van der Waals surface area contributed by atoms with Crippen molar-refractivity contribution in [2.45, 2.75) is 37.8 Å². The van der Waals surface area contributed by atoms with Crippen molar-refractivity contribution in [3.05, 3.63) is 193 Å². The molecule has 0 atom stereocenters. The standard InChI is InChI=1S/C28H30N2OSi.C14H11B/c1-2-3-4-11-21-31-26-17-12-18-27(22-26)32-28(30-20-19-29-23-30,24-13-7-5-8-14-24)25-15-9-6-10-16-25;15-11-14(12-7-3-1-4-8-12)13-9-5-2-6-10-13/h5-10,12-20,22-23H,2-4,11,21H2,1H3;1-11H. The second-order valence-electron chi connectivity index (χ2n) is 11.3. The van der Waals surface area contributed by atoms with Gasteiger partial charge in [0.05, 0.1) is 18.1 Å². The van der Waals surface area contributed by atoms with Crippen LogP contribution in [0.4, 0.5) is 0 Å². The fraction of sp³-hybridized carbons (Fsp3) is 0.167. The largest absolute Gasteiger partial charge is 0.494 e. The van der Waals surface area contributed by atoms with E-state index in [9.17, 15) is 0 Å². The van der Waals surface area contributed by atoms with Gasteiger partial charge in [-0.1, -0.05) is 165 Å². The highest BCUT2D eigenvalue weighted by Crippen LogP contribution is 2.33. The lowest BCUT2D eigenvalue weighted by atomic mass is 9.92. The van der Waals surface area contributed by atoms with Gasteiger partial charge in [-0.2, -0.15) is 0 Å². The topological polar surface area (TPSA) is 27.1 Å². The van der Waals surface area contributed by atoms with Gasteiger partial charge in [0.2, 0.25) is 0 Å². The molecule has 6 rings (SSSR count). The molecule has 47 heavy (non-hydrogen) atoms. The molecule has 0 spiro atoms. The molecule has 1 aromatic heterocycles. The van der Waals surface area contributed by atoms with Crippen LogP contribution in [-0.2, 0) is 5.16 Å². The van der Waals surface area contributed by atoms with Gasteiger partial charge in [0.1, 0.15) is 23.1 Å². The smallest absolute Gasteiger partial charge is 0.128 e. The van der Waals surface area contributed by atoms with Crippen LogP contribution in [0, 0.1) is 0 Å². The molecule has 1 heterocycles. The van der Waals surface area contributed by atoms with Gasteiger partial charge in [0.25, 0.3) is 0 Å². The van der Waals surface area contributed by atoms with Crippen molar-refractivity contribution in [3.8, 4) is 5.75 Å². The molecule has 3 nitrogen and oxygen atoms in total. The predicted molar refractivity (Wildman–Crippen MR) is 198 cm³/mol.